The summed E-state index contributed by atoms with van der Waals surface area (Å²) in [6.45, 7) is 12.5. The molecule has 6 atom stereocenters. The summed E-state index contributed by atoms with van der Waals surface area (Å²) in [5, 5.41) is -1.46. The second kappa shape index (κ2) is 15.1. The van der Waals surface area contributed by atoms with Crippen LogP contribution in [0, 0.1) is 34.5 Å². The molecule has 2 fully saturated rings. The molecule has 48 heavy (non-hydrogen) atoms. The molecule has 6 unspecified atom stereocenters. The monoisotopic (exact) mass is 782 g/mol. The fourth-order valence-electron chi connectivity index (χ4n) is 7.51. The van der Waals surface area contributed by atoms with Gasteiger partial charge in [-0.05, 0) is 48.6 Å². The summed E-state index contributed by atoms with van der Waals surface area (Å²) in [5.41, 5.74) is -1.32. The molecule has 8 nitrogen and oxygen atoms in total. The first-order chi connectivity index (χ1) is 22.6. The number of esters is 4. The minimum absolute atomic E-state index is 0.0873. The number of halogens is 6. The summed E-state index contributed by atoms with van der Waals surface area (Å²) >= 11 is 37.7. The zero-order chi connectivity index (χ0) is 35.9. The van der Waals surface area contributed by atoms with Gasteiger partial charge in [0, 0.05) is 10.8 Å². The van der Waals surface area contributed by atoms with E-state index in [1.54, 1.807) is 0 Å². The highest BCUT2D eigenvalue weighted by Gasteiger charge is 2.60. The predicted molar refractivity (Wildman–Crippen MR) is 186 cm³/mol. The largest absolute Gasteiger partial charge is 0.461 e. The van der Waals surface area contributed by atoms with Crippen LogP contribution in [0.4, 0.5) is 0 Å². The number of ether oxygens (including phenoxy) is 4. The van der Waals surface area contributed by atoms with E-state index in [0.717, 1.165) is 37.8 Å². The molecule has 4 rings (SSSR count). The zero-order valence-electron chi connectivity index (χ0n) is 27.2. The van der Waals surface area contributed by atoms with Crippen molar-refractivity contribution < 1.29 is 38.1 Å². The molecular weight excluding hydrogens is 749 g/mol. The molecule has 0 N–H and O–H groups in total. The average Bonchev–Trinajstić information content (AvgIpc) is 3.86. The van der Waals surface area contributed by atoms with Crippen LogP contribution >= 0.6 is 69.6 Å². The fourth-order valence-corrected chi connectivity index (χ4v) is 8.95. The van der Waals surface area contributed by atoms with Crippen molar-refractivity contribution in [3.8, 4) is 11.5 Å². The van der Waals surface area contributed by atoms with Crippen molar-refractivity contribution in [3.05, 3.63) is 53.4 Å². The Morgan fingerprint density at radius 1 is 0.604 bits per heavy atom. The van der Waals surface area contributed by atoms with E-state index < -0.39 is 46.5 Å². The van der Waals surface area contributed by atoms with Crippen molar-refractivity contribution in [3.63, 3.8) is 0 Å². The van der Waals surface area contributed by atoms with Crippen LogP contribution in [0.5, 0.6) is 11.5 Å². The summed E-state index contributed by atoms with van der Waals surface area (Å²) in [6.07, 6.45) is 3.40. The van der Waals surface area contributed by atoms with Crippen LogP contribution < -0.4 is 9.47 Å². The van der Waals surface area contributed by atoms with Gasteiger partial charge >= 0.3 is 23.9 Å². The van der Waals surface area contributed by atoms with Gasteiger partial charge in [0.25, 0.3) is 0 Å². The van der Waals surface area contributed by atoms with Crippen molar-refractivity contribution in [1.29, 1.82) is 0 Å². The smallest absolute Gasteiger partial charge is 0.423 e. The SMILES string of the molecule is CCC1C(C)C1(CC)COC(=O)c1c(Cl)c(Cl)cc(Cl)c1OC(=O)C(=O)Oc1c(Cl)cc(Cl)c(Cl)c1C(=O)OCC1(CC)C(C)C1CC. The van der Waals surface area contributed by atoms with Crippen LogP contribution in [-0.2, 0) is 19.1 Å². The van der Waals surface area contributed by atoms with E-state index in [2.05, 4.69) is 27.7 Å². The number of carbonyl (C=O) groups excluding carboxylic acids is 4. The molecule has 0 spiro atoms. The molecule has 0 bridgehead atoms. The van der Waals surface area contributed by atoms with Crippen LogP contribution in [0.25, 0.3) is 0 Å². The Labute approximate surface area is 309 Å². The fraction of sp³-hybridized carbons (Fsp3) is 0.529. The number of rotatable bonds is 12. The summed E-state index contributed by atoms with van der Waals surface area (Å²) in [4.78, 5) is 52.9. The molecule has 2 aliphatic rings. The van der Waals surface area contributed by atoms with Gasteiger partial charge in [-0.15, -0.1) is 0 Å². The summed E-state index contributed by atoms with van der Waals surface area (Å²) in [7, 11) is 0. The van der Waals surface area contributed by atoms with E-state index in [0.29, 0.717) is 23.7 Å². The van der Waals surface area contributed by atoms with Gasteiger partial charge in [0.05, 0.1) is 43.3 Å². The van der Waals surface area contributed by atoms with E-state index in [1.807, 2.05) is 13.8 Å². The lowest BCUT2D eigenvalue weighted by molar-refractivity contribution is -0.156. The van der Waals surface area contributed by atoms with Gasteiger partial charge in [-0.2, -0.15) is 0 Å². The van der Waals surface area contributed by atoms with Gasteiger partial charge < -0.3 is 18.9 Å². The minimum atomic E-state index is -1.64. The Kier molecular flexibility index (Phi) is 12.2. The highest BCUT2D eigenvalue weighted by molar-refractivity contribution is 6.47. The molecule has 0 heterocycles. The molecule has 0 radical (unpaired) electrons. The van der Waals surface area contributed by atoms with Crippen LogP contribution in [-0.4, -0.2) is 37.1 Å². The molecule has 0 aliphatic heterocycles. The summed E-state index contributed by atoms with van der Waals surface area (Å²) < 4.78 is 21.8. The normalized spacial score (nSPS) is 25.7. The second-order valence-electron chi connectivity index (χ2n) is 12.4. The van der Waals surface area contributed by atoms with Gasteiger partial charge in [-0.3, -0.25) is 0 Å². The van der Waals surface area contributed by atoms with E-state index in [-0.39, 0.29) is 54.2 Å². The maximum Gasteiger partial charge on any atom is 0.423 e. The molecule has 0 amide bonds. The Balaban J connectivity index is 1.56. The van der Waals surface area contributed by atoms with Crippen LogP contribution in [0.2, 0.25) is 30.1 Å². The summed E-state index contributed by atoms with van der Waals surface area (Å²) in [6, 6.07) is 2.27. The Morgan fingerprint density at radius 3 is 1.21 bits per heavy atom. The van der Waals surface area contributed by atoms with Crippen LogP contribution in [0.1, 0.15) is 87.9 Å². The number of hydrogen-bond acceptors (Lipinski definition) is 8. The standard InChI is InChI=1S/C34H36Cl6O8/c1-7-17-15(5)33(17,9-3)13-45-29(41)23-25(39)19(35)11-21(37)27(23)47-31(43)32(44)48-28-22(38)12-20(36)26(40)24(28)30(42)46-14-34(10-4)16(6)18(34)8-2/h11-12,15-18H,7-10,13-14H2,1-6H3. The van der Waals surface area contributed by atoms with Gasteiger partial charge in [-0.1, -0.05) is 124 Å². The first-order valence-electron chi connectivity index (χ1n) is 15.7. The molecule has 2 saturated carbocycles. The predicted octanol–water partition coefficient (Wildman–Crippen LogP) is 10.6. The van der Waals surface area contributed by atoms with Gasteiger partial charge in [0.15, 0.2) is 11.5 Å². The van der Waals surface area contributed by atoms with Gasteiger partial charge in [-0.25, -0.2) is 19.2 Å². The topological polar surface area (TPSA) is 105 Å². The Morgan fingerprint density at radius 2 is 0.938 bits per heavy atom. The molecule has 2 aromatic carbocycles. The van der Waals surface area contributed by atoms with E-state index in [4.69, 9.17) is 88.6 Å². The maximum absolute atomic E-state index is 13.3. The Hall–Kier alpha value is -1.94. The molecule has 2 aromatic rings. The molecule has 14 heteroatoms. The van der Waals surface area contributed by atoms with Crippen molar-refractivity contribution in [2.24, 2.45) is 34.5 Å². The average molecular weight is 785 g/mol. The van der Waals surface area contributed by atoms with E-state index >= 15 is 0 Å². The Bertz CT molecular complexity index is 1530. The number of carbonyl (C=O) groups is 4. The van der Waals surface area contributed by atoms with Gasteiger partial charge in [0.2, 0.25) is 0 Å². The van der Waals surface area contributed by atoms with Crippen molar-refractivity contribution >= 4 is 93.5 Å². The molecular formula is C34H36Cl6O8. The number of benzene rings is 2. The highest BCUT2D eigenvalue weighted by Crippen LogP contribution is 2.63. The zero-order valence-corrected chi connectivity index (χ0v) is 31.8. The summed E-state index contributed by atoms with van der Waals surface area (Å²) in [5.74, 6) is -4.94. The maximum atomic E-state index is 13.3. The first kappa shape index (κ1) is 38.9. The highest BCUT2D eigenvalue weighted by atomic mass is 35.5. The van der Waals surface area contributed by atoms with Crippen molar-refractivity contribution in [1.82, 2.24) is 0 Å². The third-order valence-electron chi connectivity index (χ3n) is 10.6. The first-order valence-corrected chi connectivity index (χ1v) is 18.0. The van der Waals surface area contributed by atoms with Crippen LogP contribution in [0.15, 0.2) is 12.1 Å². The van der Waals surface area contributed by atoms with Gasteiger partial charge in [0.1, 0.15) is 11.1 Å². The lowest BCUT2D eigenvalue weighted by Crippen LogP contribution is -2.28. The third kappa shape index (κ3) is 7.00. The third-order valence-corrected chi connectivity index (χ3v) is 12.8. The van der Waals surface area contributed by atoms with E-state index in [1.165, 1.54) is 0 Å². The minimum Gasteiger partial charge on any atom is -0.461 e. The molecule has 262 valence electrons. The lowest BCUT2D eigenvalue weighted by atomic mass is 9.99. The van der Waals surface area contributed by atoms with Crippen LogP contribution in [0.3, 0.4) is 0 Å². The lowest BCUT2D eigenvalue weighted by Gasteiger charge is -2.19. The molecule has 0 aromatic heterocycles. The quantitative estimate of drug-likeness (QED) is 0.0907. The number of hydrogen-bond donors (Lipinski definition) is 0. The molecule has 0 saturated heterocycles. The van der Waals surface area contributed by atoms with Crippen molar-refractivity contribution in [2.75, 3.05) is 13.2 Å². The molecule has 2 aliphatic carbocycles. The second-order valence-corrected chi connectivity index (χ2v) is 14.8. The van der Waals surface area contributed by atoms with Crippen molar-refractivity contribution in [2.45, 2.75) is 67.2 Å². The van der Waals surface area contributed by atoms with E-state index in [9.17, 15) is 19.2 Å².